The Morgan fingerprint density at radius 1 is 1.10 bits per heavy atom. The van der Waals surface area contributed by atoms with E-state index in [-0.39, 0.29) is 35.2 Å². The van der Waals surface area contributed by atoms with Gasteiger partial charge in [0.25, 0.3) is 5.91 Å². The summed E-state index contributed by atoms with van der Waals surface area (Å²) in [6.07, 6.45) is 0.199. The zero-order valence-electron chi connectivity index (χ0n) is 16.0. The van der Waals surface area contributed by atoms with Crippen LogP contribution in [0.1, 0.15) is 30.6 Å². The molecule has 0 aromatic heterocycles. The Balaban J connectivity index is 1.59. The number of benzene rings is 2. The summed E-state index contributed by atoms with van der Waals surface area (Å²) in [5, 5.41) is 5.33. The van der Waals surface area contributed by atoms with Crippen molar-refractivity contribution in [1.29, 1.82) is 0 Å². The summed E-state index contributed by atoms with van der Waals surface area (Å²) in [6, 6.07) is 10.3. The summed E-state index contributed by atoms with van der Waals surface area (Å²) in [6.45, 7) is 4.24. The van der Waals surface area contributed by atoms with Crippen molar-refractivity contribution in [2.24, 2.45) is 5.92 Å². The van der Waals surface area contributed by atoms with Gasteiger partial charge in [-0.2, -0.15) is 0 Å². The van der Waals surface area contributed by atoms with Crippen molar-refractivity contribution in [2.45, 2.75) is 26.3 Å². The molecule has 1 aliphatic heterocycles. The maximum Gasteiger partial charge on any atom is 0.255 e. The van der Waals surface area contributed by atoms with Crippen LogP contribution in [0.2, 0.25) is 5.02 Å². The maximum absolute atomic E-state index is 13.2. The Labute approximate surface area is 173 Å². The van der Waals surface area contributed by atoms with Gasteiger partial charge in [-0.05, 0) is 56.3 Å². The molecule has 1 heterocycles. The Hall–Kier alpha value is -2.93. The van der Waals surface area contributed by atoms with Crippen molar-refractivity contribution in [3.63, 3.8) is 0 Å². The summed E-state index contributed by atoms with van der Waals surface area (Å²) < 4.78 is 13.2. The third-order valence-corrected chi connectivity index (χ3v) is 5.03. The van der Waals surface area contributed by atoms with Gasteiger partial charge < -0.3 is 15.5 Å². The molecule has 1 atom stereocenters. The first kappa shape index (κ1) is 20.8. The van der Waals surface area contributed by atoms with Crippen molar-refractivity contribution in [3.8, 4) is 0 Å². The Morgan fingerprint density at radius 2 is 1.76 bits per heavy atom. The zero-order valence-corrected chi connectivity index (χ0v) is 16.8. The lowest BCUT2D eigenvalue weighted by atomic mass is 10.1. The van der Waals surface area contributed by atoms with Crippen LogP contribution in [0.3, 0.4) is 0 Å². The van der Waals surface area contributed by atoms with Gasteiger partial charge in [-0.1, -0.05) is 11.6 Å². The number of carbonyl (C=O) groups is 3. The van der Waals surface area contributed by atoms with Crippen LogP contribution in [0.15, 0.2) is 42.5 Å². The molecule has 0 bridgehead atoms. The second kappa shape index (κ2) is 8.61. The van der Waals surface area contributed by atoms with Crippen LogP contribution >= 0.6 is 11.6 Å². The van der Waals surface area contributed by atoms with Crippen LogP contribution in [-0.2, 0) is 9.59 Å². The molecule has 8 heteroatoms. The molecule has 29 heavy (non-hydrogen) atoms. The average molecular weight is 418 g/mol. The molecule has 3 amide bonds. The number of anilines is 2. The van der Waals surface area contributed by atoms with Crippen LogP contribution in [0.4, 0.5) is 15.8 Å². The minimum atomic E-state index is -0.565. The van der Waals surface area contributed by atoms with E-state index in [1.807, 2.05) is 13.8 Å². The van der Waals surface area contributed by atoms with E-state index in [1.54, 1.807) is 29.2 Å². The SMILES string of the molecule is CC(C)N1CC(C(=O)Nc2ccc(C(=O)Nc3ccc(F)c(Cl)c3)cc2)CC1=O. The summed E-state index contributed by atoms with van der Waals surface area (Å²) in [5.74, 6) is -1.59. The van der Waals surface area contributed by atoms with Gasteiger partial charge >= 0.3 is 0 Å². The van der Waals surface area contributed by atoms with Gasteiger partial charge in [-0.3, -0.25) is 14.4 Å². The van der Waals surface area contributed by atoms with Gasteiger partial charge in [0.05, 0.1) is 10.9 Å². The quantitative estimate of drug-likeness (QED) is 0.773. The summed E-state index contributed by atoms with van der Waals surface area (Å²) in [5.41, 5.74) is 1.27. The number of halogens is 2. The number of nitrogens with one attached hydrogen (secondary N) is 2. The average Bonchev–Trinajstić information content (AvgIpc) is 3.07. The predicted molar refractivity (Wildman–Crippen MR) is 109 cm³/mol. The first-order chi connectivity index (χ1) is 13.7. The van der Waals surface area contributed by atoms with Crippen LogP contribution in [0.5, 0.6) is 0 Å². The van der Waals surface area contributed by atoms with Crippen LogP contribution < -0.4 is 10.6 Å². The minimum absolute atomic E-state index is 0.0203. The molecule has 0 radical (unpaired) electrons. The summed E-state index contributed by atoms with van der Waals surface area (Å²) in [7, 11) is 0. The second-order valence-corrected chi connectivity index (χ2v) is 7.60. The topological polar surface area (TPSA) is 78.5 Å². The fraction of sp³-hybridized carbons (Fsp3) is 0.286. The van der Waals surface area contributed by atoms with E-state index in [0.29, 0.717) is 23.5 Å². The van der Waals surface area contributed by atoms with Gasteiger partial charge in [0.1, 0.15) is 5.82 Å². The molecule has 152 valence electrons. The number of amides is 3. The molecule has 0 saturated carbocycles. The first-order valence-electron chi connectivity index (χ1n) is 9.21. The Kier molecular flexibility index (Phi) is 6.17. The van der Waals surface area contributed by atoms with Crippen LogP contribution in [-0.4, -0.2) is 35.2 Å². The molecule has 0 spiro atoms. The lowest BCUT2D eigenvalue weighted by molar-refractivity contribution is -0.129. The Bertz CT molecular complexity index is 947. The number of hydrogen-bond donors (Lipinski definition) is 2. The highest BCUT2D eigenvalue weighted by atomic mass is 35.5. The molecule has 1 saturated heterocycles. The van der Waals surface area contributed by atoms with Crippen molar-refractivity contribution in [1.82, 2.24) is 4.90 Å². The lowest BCUT2D eigenvalue weighted by Gasteiger charge is -2.20. The fourth-order valence-corrected chi connectivity index (χ4v) is 3.31. The summed E-state index contributed by atoms with van der Waals surface area (Å²) in [4.78, 5) is 38.4. The number of carbonyl (C=O) groups excluding carboxylic acids is 3. The molecule has 0 aliphatic carbocycles. The van der Waals surface area contributed by atoms with E-state index >= 15 is 0 Å². The minimum Gasteiger partial charge on any atom is -0.339 e. The molecule has 2 aromatic rings. The third kappa shape index (κ3) is 4.92. The van der Waals surface area contributed by atoms with Crippen molar-refractivity contribution in [2.75, 3.05) is 17.2 Å². The van der Waals surface area contributed by atoms with E-state index in [0.717, 1.165) is 0 Å². The highest BCUT2D eigenvalue weighted by Gasteiger charge is 2.35. The molecular formula is C21H21ClFN3O3. The van der Waals surface area contributed by atoms with Gasteiger partial charge in [0, 0.05) is 35.9 Å². The number of rotatable bonds is 5. The smallest absolute Gasteiger partial charge is 0.255 e. The molecule has 2 aromatic carbocycles. The molecule has 1 fully saturated rings. The Morgan fingerprint density at radius 3 is 2.34 bits per heavy atom. The largest absolute Gasteiger partial charge is 0.339 e. The van der Waals surface area contributed by atoms with E-state index < -0.39 is 11.7 Å². The van der Waals surface area contributed by atoms with Gasteiger partial charge in [-0.15, -0.1) is 0 Å². The van der Waals surface area contributed by atoms with E-state index in [9.17, 15) is 18.8 Å². The highest BCUT2D eigenvalue weighted by molar-refractivity contribution is 6.31. The zero-order chi connectivity index (χ0) is 21.1. The van der Waals surface area contributed by atoms with Gasteiger partial charge in [0.15, 0.2) is 0 Å². The van der Waals surface area contributed by atoms with E-state index in [1.165, 1.54) is 18.2 Å². The van der Waals surface area contributed by atoms with E-state index in [2.05, 4.69) is 10.6 Å². The highest BCUT2D eigenvalue weighted by Crippen LogP contribution is 2.23. The predicted octanol–water partition coefficient (Wildman–Crippen LogP) is 3.93. The van der Waals surface area contributed by atoms with Crippen molar-refractivity contribution in [3.05, 3.63) is 58.9 Å². The molecular weight excluding hydrogens is 397 g/mol. The number of likely N-dealkylation sites (tertiary alicyclic amines) is 1. The second-order valence-electron chi connectivity index (χ2n) is 7.19. The molecule has 1 aliphatic rings. The van der Waals surface area contributed by atoms with Gasteiger partial charge in [0.2, 0.25) is 11.8 Å². The molecule has 6 nitrogen and oxygen atoms in total. The molecule has 3 rings (SSSR count). The van der Waals surface area contributed by atoms with Crippen molar-refractivity contribution >= 4 is 40.7 Å². The van der Waals surface area contributed by atoms with Gasteiger partial charge in [-0.25, -0.2) is 4.39 Å². The molecule has 2 N–H and O–H groups in total. The normalized spacial score (nSPS) is 16.2. The number of nitrogens with zero attached hydrogens (tertiary/aromatic N) is 1. The monoisotopic (exact) mass is 417 g/mol. The fourth-order valence-electron chi connectivity index (χ4n) is 3.13. The molecule has 1 unspecified atom stereocenters. The third-order valence-electron chi connectivity index (χ3n) is 4.74. The number of hydrogen-bond acceptors (Lipinski definition) is 3. The summed E-state index contributed by atoms with van der Waals surface area (Å²) >= 11 is 5.71. The van der Waals surface area contributed by atoms with E-state index in [4.69, 9.17) is 11.6 Å². The standard InChI is InChI=1S/C21H21ClFN3O3/c1-12(2)26-11-14(9-19(26)27)21(29)24-15-5-3-13(4-6-15)20(28)25-16-7-8-18(23)17(22)10-16/h3-8,10,12,14H,9,11H2,1-2H3,(H,24,29)(H,25,28). The first-order valence-corrected chi connectivity index (χ1v) is 9.59. The lowest BCUT2D eigenvalue weighted by Crippen LogP contribution is -2.33. The van der Waals surface area contributed by atoms with Crippen molar-refractivity contribution < 1.29 is 18.8 Å². The maximum atomic E-state index is 13.2. The van der Waals surface area contributed by atoms with Crippen LogP contribution in [0, 0.1) is 11.7 Å². The van der Waals surface area contributed by atoms with Crippen LogP contribution in [0.25, 0.3) is 0 Å².